The zero-order chi connectivity index (χ0) is 15.4. The van der Waals surface area contributed by atoms with Crippen LogP contribution < -0.4 is 16.0 Å². The van der Waals surface area contributed by atoms with Gasteiger partial charge in [-0.1, -0.05) is 0 Å². The molecule has 7 heteroatoms. The zero-order valence-corrected chi connectivity index (χ0v) is 11.8. The topological polar surface area (TPSA) is 82.2 Å². The Kier molecular flexibility index (Phi) is 4.54. The molecule has 2 rings (SSSR count). The minimum atomic E-state index is -0.483. The molecule has 0 saturated carbocycles. The van der Waals surface area contributed by atoms with Crippen LogP contribution in [0.5, 0.6) is 5.75 Å². The van der Waals surface area contributed by atoms with E-state index in [4.69, 9.17) is 10.6 Å². The number of nitrogens with two attached hydrogens (primary N) is 1. The zero-order valence-electron chi connectivity index (χ0n) is 11.8. The maximum atomic E-state index is 13.7. The van der Waals surface area contributed by atoms with Gasteiger partial charge < -0.3 is 4.74 Å². The quantitative estimate of drug-likeness (QED) is 0.500. The van der Waals surface area contributed by atoms with Gasteiger partial charge in [-0.15, -0.1) is 0 Å². The third kappa shape index (κ3) is 3.57. The smallest absolute Gasteiger partial charge is 0.265 e. The largest absolute Gasteiger partial charge is 0.486 e. The number of hydrogen-bond acceptors (Lipinski definition) is 4. The molecule has 3 N–H and O–H groups in total. The Morgan fingerprint density at radius 2 is 2.29 bits per heavy atom. The number of halogens is 1. The highest BCUT2D eigenvalue weighted by atomic mass is 19.1. The standard InChI is InChI=1S/C14H17FN4O2/c1-9(2)19-7-12(6-17-19)21-8-11-5-10(14(20)18-16)3-4-13(11)15/h3-7,9H,8,16H2,1-2H3,(H,18,20). The molecule has 0 atom stereocenters. The summed E-state index contributed by atoms with van der Waals surface area (Å²) >= 11 is 0. The second-order valence-corrected chi connectivity index (χ2v) is 4.82. The normalized spacial score (nSPS) is 10.7. The third-order valence-electron chi connectivity index (χ3n) is 2.94. The molecule has 1 heterocycles. The van der Waals surface area contributed by atoms with E-state index < -0.39 is 11.7 Å². The monoisotopic (exact) mass is 292 g/mol. The molecule has 2 aromatic rings. The molecular weight excluding hydrogens is 275 g/mol. The number of nitrogens with one attached hydrogen (secondary N) is 1. The summed E-state index contributed by atoms with van der Waals surface area (Å²) < 4.78 is 20.9. The Morgan fingerprint density at radius 3 is 2.90 bits per heavy atom. The molecule has 0 aliphatic carbocycles. The fraction of sp³-hybridized carbons (Fsp3) is 0.286. The highest BCUT2D eigenvalue weighted by molar-refractivity contribution is 5.93. The molecule has 1 aromatic carbocycles. The molecule has 0 aliphatic rings. The highest BCUT2D eigenvalue weighted by Gasteiger charge is 2.10. The van der Waals surface area contributed by atoms with Crippen molar-refractivity contribution < 1.29 is 13.9 Å². The van der Waals surface area contributed by atoms with Gasteiger partial charge in [0.25, 0.3) is 5.91 Å². The van der Waals surface area contributed by atoms with E-state index >= 15 is 0 Å². The van der Waals surface area contributed by atoms with Crippen molar-refractivity contribution in [2.45, 2.75) is 26.5 Å². The van der Waals surface area contributed by atoms with Gasteiger partial charge >= 0.3 is 0 Å². The first kappa shape index (κ1) is 15.0. The Morgan fingerprint density at radius 1 is 1.52 bits per heavy atom. The maximum Gasteiger partial charge on any atom is 0.265 e. The molecule has 0 aliphatic heterocycles. The number of rotatable bonds is 5. The van der Waals surface area contributed by atoms with Crippen LogP contribution in [0.4, 0.5) is 4.39 Å². The molecular formula is C14H17FN4O2. The van der Waals surface area contributed by atoms with Crippen LogP contribution in [-0.2, 0) is 6.61 Å². The van der Waals surface area contributed by atoms with Crippen LogP contribution in [-0.4, -0.2) is 15.7 Å². The van der Waals surface area contributed by atoms with Crippen LogP contribution in [0, 0.1) is 5.82 Å². The Balaban J connectivity index is 2.09. The van der Waals surface area contributed by atoms with Crippen LogP contribution >= 0.6 is 0 Å². The van der Waals surface area contributed by atoms with Crippen molar-refractivity contribution in [2.24, 2.45) is 5.84 Å². The molecule has 0 spiro atoms. The summed E-state index contributed by atoms with van der Waals surface area (Å²) in [6.07, 6.45) is 3.30. The van der Waals surface area contributed by atoms with Crippen molar-refractivity contribution in [1.29, 1.82) is 0 Å². The van der Waals surface area contributed by atoms with Gasteiger partial charge in [-0.05, 0) is 32.0 Å². The maximum absolute atomic E-state index is 13.7. The van der Waals surface area contributed by atoms with Crippen LogP contribution in [0.25, 0.3) is 0 Å². The molecule has 1 amide bonds. The first-order valence-corrected chi connectivity index (χ1v) is 6.47. The van der Waals surface area contributed by atoms with Crippen molar-refractivity contribution >= 4 is 5.91 Å². The number of hydrazine groups is 1. The SMILES string of the molecule is CC(C)n1cc(OCc2cc(C(=O)NN)ccc2F)cn1. The lowest BCUT2D eigenvalue weighted by Gasteiger charge is -2.07. The van der Waals surface area contributed by atoms with E-state index in [0.29, 0.717) is 5.75 Å². The fourth-order valence-corrected chi connectivity index (χ4v) is 1.75. The van der Waals surface area contributed by atoms with Crippen molar-refractivity contribution in [3.63, 3.8) is 0 Å². The number of ether oxygens (including phenoxy) is 1. The molecule has 0 bridgehead atoms. The van der Waals surface area contributed by atoms with Crippen LogP contribution in [0.1, 0.15) is 35.8 Å². The number of aromatic nitrogens is 2. The van der Waals surface area contributed by atoms with Crippen molar-refractivity contribution in [1.82, 2.24) is 15.2 Å². The minimum absolute atomic E-state index is 0.00130. The predicted octanol–water partition coefficient (Wildman–Crippen LogP) is 1.79. The number of carbonyl (C=O) groups excluding carboxylic acids is 1. The summed E-state index contributed by atoms with van der Waals surface area (Å²) in [5.41, 5.74) is 2.55. The van der Waals surface area contributed by atoms with E-state index in [1.807, 2.05) is 19.3 Å². The van der Waals surface area contributed by atoms with Crippen LogP contribution in [0.3, 0.4) is 0 Å². The number of hydrogen-bond donors (Lipinski definition) is 2. The van der Waals surface area contributed by atoms with E-state index in [9.17, 15) is 9.18 Å². The first-order valence-electron chi connectivity index (χ1n) is 6.47. The van der Waals surface area contributed by atoms with Gasteiger partial charge in [0.2, 0.25) is 0 Å². The molecule has 1 aromatic heterocycles. The van der Waals surface area contributed by atoms with E-state index in [-0.39, 0.29) is 23.8 Å². The Bertz CT molecular complexity index is 640. The molecule has 0 fully saturated rings. The average Bonchev–Trinajstić information content (AvgIpc) is 2.94. The third-order valence-corrected chi connectivity index (χ3v) is 2.94. The number of nitrogen functional groups attached to an aromatic ring is 1. The van der Waals surface area contributed by atoms with Gasteiger partial charge in [0, 0.05) is 17.2 Å². The number of nitrogens with zero attached hydrogens (tertiary/aromatic N) is 2. The van der Waals surface area contributed by atoms with Gasteiger partial charge in [-0.25, -0.2) is 10.2 Å². The molecule has 6 nitrogen and oxygen atoms in total. The van der Waals surface area contributed by atoms with Gasteiger partial charge in [0.05, 0.1) is 12.4 Å². The van der Waals surface area contributed by atoms with E-state index in [1.54, 1.807) is 17.1 Å². The second-order valence-electron chi connectivity index (χ2n) is 4.82. The van der Waals surface area contributed by atoms with Crippen molar-refractivity contribution in [3.05, 3.63) is 47.5 Å². The van der Waals surface area contributed by atoms with Gasteiger partial charge in [-0.3, -0.25) is 14.9 Å². The fourth-order valence-electron chi connectivity index (χ4n) is 1.75. The molecule has 0 saturated heterocycles. The second kappa shape index (κ2) is 6.36. The highest BCUT2D eigenvalue weighted by Crippen LogP contribution is 2.17. The van der Waals surface area contributed by atoms with Gasteiger partial charge in [-0.2, -0.15) is 5.10 Å². The Labute approximate surface area is 121 Å². The summed E-state index contributed by atoms with van der Waals surface area (Å²) in [5.74, 6) is 4.66. The molecule has 112 valence electrons. The van der Waals surface area contributed by atoms with Crippen LogP contribution in [0.2, 0.25) is 0 Å². The van der Waals surface area contributed by atoms with Crippen molar-refractivity contribution in [2.75, 3.05) is 0 Å². The van der Waals surface area contributed by atoms with E-state index in [0.717, 1.165) is 0 Å². The predicted molar refractivity (Wildman–Crippen MR) is 75.0 cm³/mol. The van der Waals surface area contributed by atoms with Gasteiger partial charge in [0.1, 0.15) is 12.4 Å². The Hall–Kier alpha value is -2.41. The van der Waals surface area contributed by atoms with E-state index in [1.165, 1.54) is 18.2 Å². The first-order chi connectivity index (χ1) is 10.0. The number of benzene rings is 1. The lowest BCUT2D eigenvalue weighted by molar-refractivity contribution is 0.0953. The molecule has 0 radical (unpaired) electrons. The molecule has 21 heavy (non-hydrogen) atoms. The minimum Gasteiger partial charge on any atom is -0.486 e. The summed E-state index contributed by atoms with van der Waals surface area (Å²) in [5, 5.41) is 4.13. The summed E-state index contributed by atoms with van der Waals surface area (Å²) in [7, 11) is 0. The number of amides is 1. The summed E-state index contributed by atoms with van der Waals surface area (Å²) in [6.45, 7) is 3.98. The van der Waals surface area contributed by atoms with Gasteiger partial charge in [0.15, 0.2) is 5.75 Å². The summed E-state index contributed by atoms with van der Waals surface area (Å²) in [4.78, 5) is 11.4. The van der Waals surface area contributed by atoms with Crippen molar-refractivity contribution in [3.8, 4) is 5.75 Å². The lowest BCUT2D eigenvalue weighted by atomic mass is 10.1. The average molecular weight is 292 g/mol. The number of carbonyl (C=O) groups is 1. The van der Waals surface area contributed by atoms with E-state index in [2.05, 4.69) is 5.10 Å². The lowest BCUT2D eigenvalue weighted by Crippen LogP contribution is -2.30. The molecule has 0 unspecified atom stereocenters. The summed E-state index contributed by atoms with van der Waals surface area (Å²) in [6, 6.07) is 4.19. The van der Waals surface area contributed by atoms with Crippen LogP contribution in [0.15, 0.2) is 30.6 Å².